The van der Waals surface area contributed by atoms with Crippen molar-refractivity contribution in [1.82, 2.24) is 10.6 Å². The average molecular weight is 514 g/mol. The number of halogens is 2. The Labute approximate surface area is 204 Å². The number of carbonyl (C=O) groups excluding carboxylic acids is 1. The zero-order valence-corrected chi connectivity index (χ0v) is 21.0. The van der Waals surface area contributed by atoms with Crippen LogP contribution < -0.4 is 10.6 Å². The molecule has 0 aliphatic heterocycles. The SMILES string of the molecule is CCc1cc(CCc2cccc(-c3ccccc3)c2Br)c(Cl)cc1CNCCNC(C)=O. The summed E-state index contributed by atoms with van der Waals surface area (Å²) < 4.78 is 1.15. The summed E-state index contributed by atoms with van der Waals surface area (Å²) in [6, 6.07) is 21.2. The van der Waals surface area contributed by atoms with Crippen LogP contribution in [0.15, 0.2) is 65.1 Å². The monoisotopic (exact) mass is 512 g/mol. The number of benzene rings is 3. The molecule has 0 atom stereocenters. The standard InChI is InChI=1S/C27H30BrClN2O/c1-3-20-16-23(26(29)17-24(20)18-30-14-15-31-19(2)32)13-12-22-10-7-11-25(27(22)28)21-8-5-4-6-9-21/h4-11,16-17,30H,3,12-15,18H2,1-2H3,(H,31,32). The number of aryl methyl sites for hydroxylation is 3. The summed E-state index contributed by atoms with van der Waals surface area (Å²) in [5, 5.41) is 7.00. The molecule has 0 aliphatic carbocycles. The van der Waals surface area contributed by atoms with Crippen LogP contribution in [0.25, 0.3) is 11.1 Å². The highest BCUT2D eigenvalue weighted by Crippen LogP contribution is 2.32. The Morgan fingerprint density at radius 1 is 0.906 bits per heavy atom. The molecule has 168 valence electrons. The van der Waals surface area contributed by atoms with E-state index in [4.69, 9.17) is 11.6 Å². The number of hydrogen-bond acceptors (Lipinski definition) is 2. The van der Waals surface area contributed by atoms with Crippen LogP contribution in [0.1, 0.15) is 36.1 Å². The maximum Gasteiger partial charge on any atom is 0.216 e. The molecule has 0 bridgehead atoms. The molecule has 0 fully saturated rings. The maximum atomic E-state index is 11.0. The fourth-order valence-electron chi connectivity index (χ4n) is 3.83. The summed E-state index contributed by atoms with van der Waals surface area (Å²) >= 11 is 10.5. The Morgan fingerprint density at radius 2 is 1.66 bits per heavy atom. The van der Waals surface area contributed by atoms with Gasteiger partial charge in [-0.2, -0.15) is 0 Å². The summed E-state index contributed by atoms with van der Waals surface area (Å²) in [5.41, 5.74) is 7.42. The summed E-state index contributed by atoms with van der Waals surface area (Å²) in [6.07, 6.45) is 2.76. The van der Waals surface area contributed by atoms with Crippen molar-refractivity contribution >= 4 is 33.4 Å². The normalized spacial score (nSPS) is 10.9. The predicted molar refractivity (Wildman–Crippen MR) is 138 cm³/mol. The van der Waals surface area contributed by atoms with Gasteiger partial charge in [-0.25, -0.2) is 0 Å². The second kappa shape index (κ2) is 12.2. The van der Waals surface area contributed by atoms with Crippen molar-refractivity contribution in [3.63, 3.8) is 0 Å². The van der Waals surface area contributed by atoms with Crippen molar-refractivity contribution in [1.29, 1.82) is 0 Å². The van der Waals surface area contributed by atoms with E-state index in [0.29, 0.717) is 6.54 Å². The van der Waals surface area contributed by atoms with Gasteiger partial charge in [-0.15, -0.1) is 0 Å². The van der Waals surface area contributed by atoms with Gasteiger partial charge in [-0.1, -0.05) is 73.1 Å². The van der Waals surface area contributed by atoms with Crippen molar-refractivity contribution in [2.75, 3.05) is 13.1 Å². The Kier molecular flexibility index (Phi) is 9.34. The number of carbonyl (C=O) groups is 1. The molecule has 0 unspecified atom stereocenters. The molecule has 3 aromatic carbocycles. The molecule has 0 radical (unpaired) electrons. The van der Waals surface area contributed by atoms with Gasteiger partial charge in [0, 0.05) is 36.1 Å². The van der Waals surface area contributed by atoms with Gasteiger partial charge >= 0.3 is 0 Å². The van der Waals surface area contributed by atoms with E-state index in [1.165, 1.54) is 40.3 Å². The van der Waals surface area contributed by atoms with Crippen LogP contribution in [-0.2, 0) is 30.6 Å². The molecular formula is C27H30BrClN2O. The third kappa shape index (κ3) is 6.68. The molecule has 0 spiro atoms. The lowest BCUT2D eigenvalue weighted by Gasteiger charge is -2.15. The first kappa shape index (κ1) is 24.5. The van der Waals surface area contributed by atoms with Crippen LogP contribution in [0.3, 0.4) is 0 Å². The largest absolute Gasteiger partial charge is 0.355 e. The van der Waals surface area contributed by atoms with Crippen LogP contribution in [0.4, 0.5) is 0 Å². The van der Waals surface area contributed by atoms with Crippen LogP contribution in [0.5, 0.6) is 0 Å². The van der Waals surface area contributed by atoms with E-state index in [2.05, 4.69) is 88.1 Å². The first-order valence-electron chi connectivity index (χ1n) is 11.1. The minimum atomic E-state index is -0.00520. The van der Waals surface area contributed by atoms with Crippen molar-refractivity contribution in [2.45, 2.75) is 39.7 Å². The van der Waals surface area contributed by atoms with Gasteiger partial charge in [0.15, 0.2) is 0 Å². The molecule has 5 heteroatoms. The van der Waals surface area contributed by atoms with E-state index in [1.807, 2.05) is 6.07 Å². The van der Waals surface area contributed by atoms with E-state index in [1.54, 1.807) is 0 Å². The highest BCUT2D eigenvalue weighted by atomic mass is 79.9. The Bertz CT molecular complexity index is 1050. The van der Waals surface area contributed by atoms with Gasteiger partial charge in [-0.05, 0) is 74.6 Å². The van der Waals surface area contributed by atoms with Gasteiger partial charge in [0.2, 0.25) is 5.91 Å². The second-order valence-corrected chi connectivity index (χ2v) is 9.07. The summed E-state index contributed by atoms with van der Waals surface area (Å²) in [5.74, 6) is -0.00520. The topological polar surface area (TPSA) is 41.1 Å². The first-order valence-corrected chi connectivity index (χ1v) is 12.2. The van der Waals surface area contributed by atoms with Crippen LogP contribution >= 0.6 is 27.5 Å². The second-order valence-electron chi connectivity index (χ2n) is 7.87. The smallest absolute Gasteiger partial charge is 0.216 e. The minimum Gasteiger partial charge on any atom is -0.355 e. The lowest BCUT2D eigenvalue weighted by atomic mass is 9.96. The average Bonchev–Trinajstić information content (AvgIpc) is 2.79. The van der Waals surface area contributed by atoms with Crippen LogP contribution in [0, 0.1) is 0 Å². The summed E-state index contributed by atoms with van der Waals surface area (Å²) in [4.78, 5) is 11.0. The molecule has 2 N–H and O–H groups in total. The quantitative estimate of drug-likeness (QED) is 0.310. The third-order valence-electron chi connectivity index (χ3n) is 5.57. The minimum absolute atomic E-state index is 0.00520. The fourth-order valence-corrected chi connectivity index (χ4v) is 4.80. The third-order valence-corrected chi connectivity index (χ3v) is 6.86. The van der Waals surface area contributed by atoms with Gasteiger partial charge in [0.05, 0.1) is 0 Å². The van der Waals surface area contributed by atoms with E-state index in [0.717, 1.165) is 41.8 Å². The summed E-state index contributed by atoms with van der Waals surface area (Å²) in [7, 11) is 0. The number of nitrogens with one attached hydrogen (secondary N) is 2. The Hall–Kier alpha value is -2.14. The molecule has 3 rings (SSSR count). The Morgan fingerprint density at radius 3 is 2.38 bits per heavy atom. The fraction of sp³-hybridized carbons (Fsp3) is 0.296. The van der Waals surface area contributed by atoms with Gasteiger partial charge in [0.25, 0.3) is 0 Å². The van der Waals surface area contributed by atoms with Crippen molar-refractivity contribution in [2.24, 2.45) is 0 Å². The molecule has 32 heavy (non-hydrogen) atoms. The zero-order valence-electron chi connectivity index (χ0n) is 18.7. The molecule has 0 aliphatic rings. The lowest BCUT2D eigenvalue weighted by Crippen LogP contribution is -2.30. The Balaban J connectivity index is 1.68. The van der Waals surface area contributed by atoms with Crippen LogP contribution in [-0.4, -0.2) is 19.0 Å². The molecular weight excluding hydrogens is 484 g/mol. The maximum absolute atomic E-state index is 11.0. The van der Waals surface area contributed by atoms with Crippen molar-refractivity contribution < 1.29 is 4.79 Å². The molecule has 0 saturated heterocycles. The number of hydrogen-bond donors (Lipinski definition) is 2. The van der Waals surface area contributed by atoms with E-state index >= 15 is 0 Å². The highest BCUT2D eigenvalue weighted by molar-refractivity contribution is 9.10. The van der Waals surface area contributed by atoms with E-state index in [9.17, 15) is 4.79 Å². The first-order chi connectivity index (χ1) is 15.5. The van der Waals surface area contributed by atoms with Gasteiger partial charge in [-0.3, -0.25) is 4.79 Å². The van der Waals surface area contributed by atoms with Gasteiger partial charge < -0.3 is 10.6 Å². The van der Waals surface area contributed by atoms with E-state index in [-0.39, 0.29) is 5.91 Å². The number of amides is 1. The number of rotatable bonds is 10. The molecule has 3 nitrogen and oxygen atoms in total. The molecule has 0 saturated carbocycles. The van der Waals surface area contributed by atoms with Crippen LogP contribution in [0.2, 0.25) is 5.02 Å². The molecule has 0 aromatic heterocycles. The zero-order chi connectivity index (χ0) is 22.9. The van der Waals surface area contributed by atoms with E-state index < -0.39 is 0 Å². The predicted octanol–water partition coefficient (Wildman–Crippen LogP) is 6.34. The summed E-state index contributed by atoms with van der Waals surface area (Å²) in [6.45, 7) is 5.80. The lowest BCUT2D eigenvalue weighted by molar-refractivity contribution is -0.118. The molecule has 3 aromatic rings. The van der Waals surface area contributed by atoms with Crippen molar-refractivity contribution in [3.05, 3.63) is 92.4 Å². The van der Waals surface area contributed by atoms with Gasteiger partial charge in [0.1, 0.15) is 0 Å². The molecule has 1 amide bonds. The highest BCUT2D eigenvalue weighted by Gasteiger charge is 2.11. The molecule has 0 heterocycles. The van der Waals surface area contributed by atoms with Crippen molar-refractivity contribution in [3.8, 4) is 11.1 Å².